The van der Waals surface area contributed by atoms with Gasteiger partial charge in [-0.25, -0.2) is 13.2 Å². The largest absolute Gasteiger partial charge is 0.336 e. The van der Waals surface area contributed by atoms with Crippen molar-refractivity contribution >= 4 is 22.0 Å². The zero-order valence-electron chi connectivity index (χ0n) is 16.6. The Kier molecular flexibility index (Phi) is 6.07. The van der Waals surface area contributed by atoms with Crippen molar-refractivity contribution < 1.29 is 18.0 Å². The third-order valence-corrected chi connectivity index (χ3v) is 7.40. The first kappa shape index (κ1) is 20.8. The zero-order chi connectivity index (χ0) is 20.5. The average Bonchev–Trinajstić information content (AvgIpc) is 3.13. The molecule has 3 rings (SSSR count). The molecule has 2 heterocycles. The van der Waals surface area contributed by atoms with Crippen LogP contribution in [0.15, 0.2) is 29.2 Å². The molecule has 8 nitrogen and oxygen atoms in total. The van der Waals surface area contributed by atoms with Gasteiger partial charge in [0.25, 0.3) is 0 Å². The maximum atomic E-state index is 12.9. The molecule has 2 saturated heterocycles. The molecule has 2 fully saturated rings. The molecule has 9 heteroatoms. The minimum absolute atomic E-state index is 0.240. The lowest BCUT2D eigenvalue weighted by Crippen LogP contribution is -2.55. The van der Waals surface area contributed by atoms with Gasteiger partial charge in [-0.2, -0.15) is 4.31 Å². The van der Waals surface area contributed by atoms with E-state index in [2.05, 4.69) is 19.2 Å². The number of nitrogens with zero attached hydrogens (tertiary/aromatic N) is 3. The number of urea groups is 1. The van der Waals surface area contributed by atoms with Gasteiger partial charge in [0.1, 0.15) is 0 Å². The van der Waals surface area contributed by atoms with E-state index in [0.29, 0.717) is 50.1 Å². The Hall–Kier alpha value is -1.97. The molecular formula is C19H28N4O4S. The second-order valence-corrected chi connectivity index (χ2v) is 9.50. The highest BCUT2D eigenvalue weighted by Crippen LogP contribution is 2.22. The predicted molar refractivity (Wildman–Crippen MR) is 105 cm³/mol. The molecule has 0 aromatic heterocycles. The van der Waals surface area contributed by atoms with Crippen molar-refractivity contribution in [3.63, 3.8) is 0 Å². The molecule has 2 aliphatic rings. The minimum atomic E-state index is -3.55. The maximum absolute atomic E-state index is 12.9. The number of carbonyl (C=O) groups excluding carboxylic acids is 2. The van der Waals surface area contributed by atoms with E-state index in [1.54, 1.807) is 19.1 Å². The fraction of sp³-hybridized carbons (Fsp3) is 0.579. The van der Waals surface area contributed by atoms with Crippen LogP contribution in [-0.2, 0) is 14.8 Å². The summed E-state index contributed by atoms with van der Waals surface area (Å²) in [5, 5.41) is 2.62. The number of benzene rings is 1. The first-order valence-electron chi connectivity index (χ1n) is 9.65. The van der Waals surface area contributed by atoms with E-state index in [4.69, 9.17) is 0 Å². The van der Waals surface area contributed by atoms with Crippen LogP contribution in [0, 0.1) is 0 Å². The molecular weight excluding hydrogens is 380 g/mol. The molecule has 0 spiro atoms. The molecule has 0 unspecified atom stereocenters. The average molecular weight is 409 g/mol. The summed E-state index contributed by atoms with van der Waals surface area (Å²) < 4.78 is 27.3. The van der Waals surface area contributed by atoms with Gasteiger partial charge in [-0.3, -0.25) is 14.6 Å². The third-order valence-electron chi connectivity index (χ3n) is 5.49. The van der Waals surface area contributed by atoms with Crippen LogP contribution in [-0.4, -0.2) is 79.8 Å². The number of imide groups is 1. The van der Waals surface area contributed by atoms with Crippen molar-refractivity contribution in [1.29, 1.82) is 0 Å². The van der Waals surface area contributed by atoms with Crippen molar-refractivity contribution in [1.82, 2.24) is 19.4 Å². The van der Waals surface area contributed by atoms with Crippen molar-refractivity contribution in [2.45, 2.75) is 37.6 Å². The summed E-state index contributed by atoms with van der Waals surface area (Å²) in [6.45, 7) is 8.28. The molecule has 154 valence electrons. The van der Waals surface area contributed by atoms with Gasteiger partial charge in [0.15, 0.2) is 0 Å². The van der Waals surface area contributed by atoms with Gasteiger partial charge in [0.2, 0.25) is 15.9 Å². The standard InChI is InChI=1S/C19H28N4O4S/c1-14(2)16-4-6-17(7-5-16)28(26,27)22-12-10-21(11-13-22)15(3)18(24)23-9-8-20-19(23)25/h4-7,14-15H,8-13H2,1-3H3,(H,20,25)/t15-/m0/s1. The Morgan fingerprint density at radius 1 is 1.00 bits per heavy atom. The lowest BCUT2D eigenvalue weighted by molar-refractivity contribution is -0.133. The number of hydrogen-bond acceptors (Lipinski definition) is 5. The summed E-state index contributed by atoms with van der Waals surface area (Å²) in [6, 6.07) is 6.22. The normalized spacial score (nSPS) is 20.4. The van der Waals surface area contributed by atoms with Gasteiger partial charge < -0.3 is 5.32 Å². The summed E-state index contributed by atoms with van der Waals surface area (Å²) in [6.07, 6.45) is 0. The van der Waals surface area contributed by atoms with Gasteiger partial charge in [-0.1, -0.05) is 26.0 Å². The first-order chi connectivity index (χ1) is 13.2. The summed E-state index contributed by atoms with van der Waals surface area (Å²) in [4.78, 5) is 27.7. The monoisotopic (exact) mass is 408 g/mol. The third kappa shape index (κ3) is 4.06. The number of piperazine rings is 1. The van der Waals surface area contributed by atoms with Crippen LogP contribution in [0.4, 0.5) is 4.79 Å². The van der Waals surface area contributed by atoms with Crippen LogP contribution in [0.2, 0.25) is 0 Å². The highest BCUT2D eigenvalue weighted by molar-refractivity contribution is 7.89. The van der Waals surface area contributed by atoms with Gasteiger partial charge in [-0.05, 0) is 30.5 Å². The van der Waals surface area contributed by atoms with Gasteiger partial charge in [0.05, 0.1) is 10.9 Å². The van der Waals surface area contributed by atoms with E-state index in [1.165, 1.54) is 9.21 Å². The Bertz CT molecular complexity index is 830. The first-order valence-corrected chi connectivity index (χ1v) is 11.1. The number of sulfonamides is 1. The van der Waals surface area contributed by atoms with Crippen LogP contribution in [0.25, 0.3) is 0 Å². The number of nitrogens with one attached hydrogen (secondary N) is 1. The van der Waals surface area contributed by atoms with Crippen molar-refractivity contribution in [2.75, 3.05) is 39.3 Å². The van der Waals surface area contributed by atoms with E-state index >= 15 is 0 Å². The summed E-state index contributed by atoms with van der Waals surface area (Å²) in [7, 11) is -3.55. The Morgan fingerprint density at radius 3 is 2.11 bits per heavy atom. The van der Waals surface area contributed by atoms with Crippen LogP contribution < -0.4 is 5.32 Å². The van der Waals surface area contributed by atoms with Crippen molar-refractivity contribution in [3.05, 3.63) is 29.8 Å². The van der Waals surface area contributed by atoms with E-state index in [0.717, 1.165) is 5.56 Å². The molecule has 1 N–H and O–H groups in total. The van der Waals surface area contributed by atoms with Crippen LogP contribution in [0.1, 0.15) is 32.3 Å². The minimum Gasteiger partial charge on any atom is -0.336 e. The fourth-order valence-electron chi connectivity index (χ4n) is 3.57. The molecule has 3 amide bonds. The number of carbonyl (C=O) groups is 2. The highest BCUT2D eigenvalue weighted by Gasteiger charge is 2.35. The molecule has 0 saturated carbocycles. The lowest BCUT2D eigenvalue weighted by Gasteiger charge is -2.37. The van der Waals surface area contributed by atoms with Crippen molar-refractivity contribution in [2.24, 2.45) is 0 Å². The number of rotatable bonds is 5. The summed E-state index contributed by atoms with van der Waals surface area (Å²) in [5.41, 5.74) is 1.10. The smallest absolute Gasteiger partial charge is 0.324 e. The lowest BCUT2D eigenvalue weighted by atomic mass is 10.0. The van der Waals surface area contributed by atoms with E-state index < -0.39 is 16.1 Å². The molecule has 0 bridgehead atoms. The summed E-state index contributed by atoms with van der Waals surface area (Å²) >= 11 is 0. The van der Waals surface area contributed by atoms with Crippen molar-refractivity contribution in [3.8, 4) is 0 Å². The SMILES string of the molecule is CC(C)c1ccc(S(=O)(=O)N2CCN([C@@H](C)C(=O)N3CCNC3=O)CC2)cc1. The van der Waals surface area contributed by atoms with E-state index in [-0.39, 0.29) is 11.9 Å². The molecule has 1 aromatic carbocycles. The molecule has 28 heavy (non-hydrogen) atoms. The van der Waals surface area contributed by atoms with Gasteiger partial charge in [-0.15, -0.1) is 0 Å². The maximum Gasteiger partial charge on any atom is 0.324 e. The fourth-order valence-corrected chi connectivity index (χ4v) is 4.99. The highest BCUT2D eigenvalue weighted by atomic mass is 32.2. The molecule has 0 aliphatic carbocycles. The van der Waals surface area contributed by atoms with Gasteiger partial charge >= 0.3 is 6.03 Å². The zero-order valence-corrected chi connectivity index (χ0v) is 17.4. The molecule has 1 aromatic rings. The topological polar surface area (TPSA) is 90.0 Å². The van der Waals surface area contributed by atoms with Crippen LogP contribution in [0.5, 0.6) is 0 Å². The second-order valence-electron chi connectivity index (χ2n) is 7.56. The van der Waals surface area contributed by atoms with E-state index in [9.17, 15) is 18.0 Å². The molecule has 2 aliphatic heterocycles. The Balaban J connectivity index is 1.62. The second kappa shape index (κ2) is 8.18. The Labute approximate surface area is 166 Å². The van der Waals surface area contributed by atoms with Gasteiger partial charge in [0, 0.05) is 39.3 Å². The predicted octanol–water partition coefficient (Wildman–Crippen LogP) is 1.06. The van der Waals surface area contributed by atoms with E-state index in [1.807, 2.05) is 17.0 Å². The quantitative estimate of drug-likeness (QED) is 0.787. The van der Waals surface area contributed by atoms with Crippen LogP contribution >= 0.6 is 0 Å². The molecule has 1 atom stereocenters. The summed E-state index contributed by atoms with van der Waals surface area (Å²) in [5.74, 6) is 0.104. The Morgan fingerprint density at radius 2 is 1.61 bits per heavy atom. The number of hydrogen-bond donors (Lipinski definition) is 1. The number of amides is 3. The van der Waals surface area contributed by atoms with Crippen LogP contribution in [0.3, 0.4) is 0 Å². The molecule has 0 radical (unpaired) electrons.